The maximum absolute atomic E-state index is 14.6. The number of aliphatic hydroxyl groups excluding tert-OH is 1. The molecular formula is C49H86N2O8S2Si2. The number of ketones is 1. The van der Waals surface area contributed by atoms with Crippen LogP contribution in [-0.2, 0) is 33.5 Å². The predicted molar refractivity (Wildman–Crippen MR) is 264 cm³/mol. The Balaban J connectivity index is 1.41. The fourth-order valence-corrected chi connectivity index (χ4v) is 15.6. The van der Waals surface area contributed by atoms with E-state index in [1.807, 2.05) is 27.7 Å². The number of carbonyl (C=O) groups is 2. The minimum atomic E-state index is -3.84. The van der Waals surface area contributed by atoms with E-state index in [0.29, 0.717) is 25.4 Å². The molecule has 1 aromatic heterocycles. The molecule has 2 saturated carbocycles. The van der Waals surface area contributed by atoms with Gasteiger partial charge in [0.2, 0.25) is 15.9 Å². The van der Waals surface area contributed by atoms with Gasteiger partial charge < -0.3 is 19.0 Å². The molecule has 0 unspecified atom stereocenters. The molecule has 14 heteroatoms. The van der Waals surface area contributed by atoms with Crippen molar-refractivity contribution >= 4 is 55.5 Å². The summed E-state index contributed by atoms with van der Waals surface area (Å²) < 4.78 is 48.2. The predicted octanol–water partition coefficient (Wildman–Crippen LogP) is 11.4. The number of aromatic nitrogens is 1. The van der Waals surface area contributed by atoms with Gasteiger partial charge in [-0.3, -0.25) is 9.59 Å². The highest BCUT2D eigenvalue weighted by Gasteiger charge is 2.72. The summed E-state index contributed by atoms with van der Waals surface area (Å²) in [7, 11) is -7.59. The maximum Gasteiger partial charge on any atom is 0.238 e. The summed E-state index contributed by atoms with van der Waals surface area (Å²) in [5.74, 6) is -1.15. The van der Waals surface area contributed by atoms with Crippen LogP contribution < -0.4 is 0 Å². The standard InChI is InChI=1S/C49H86N2O8S2Si2/c1-33(21-22-40(58-32-57-25-26-62(13,14)15)35(3)27-39-30-60-37(5)50-39)19-18-20-34(2)44(53)36(4)45(54)47(9,10)42(59-63(16,17)46(6,7)8)29-43(52)51-41-28-38-23-24-49(41,48(38,11)12)31-61(51,55)56/h21,27,30,34,36,38,40-42,44,53H,18-20,22-26,28-29,31-32H2,1-17H3/b33-21-,35-27+/t34-,36+,38+,40-,41+,42-,44-,49+/m0/s1. The van der Waals surface area contributed by atoms with Crippen LogP contribution in [0.1, 0.15) is 138 Å². The van der Waals surface area contributed by atoms with Crippen molar-refractivity contribution < 1.29 is 37.0 Å². The first kappa shape index (κ1) is 54.1. The van der Waals surface area contributed by atoms with E-state index in [4.69, 9.17) is 13.9 Å². The summed E-state index contributed by atoms with van der Waals surface area (Å²) in [4.78, 5) is 33.7. The number of nitrogens with zero attached hydrogens (tertiary/aromatic N) is 2. The molecule has 10 nitrogen and oxygen atoms in total. The van der Waals surface area contributed by atoms with E-state index >= 15 is 0 Å². The Kier molecular flexibility index (Phi) is 17.5. The molecule has 360 valence electrons. The molecule has 0 radical (unpaired) electrons. The lowest BCUT2D eigenvalue weighted by Gasteiger charge is -2.45. The number of ether oxygens (including phenoxy) is 2. The Morgan fingerprint density at radius 1 is 1.10 bits per heavy atom. The van der Waals surface area contributed by atoms with Gasteiger partial charge in [-0.1, -0.05) is 93.6 Å². The van der Waals surface area contributed by atoms with Crippen molar-refractivity contribution in [1.82, 2.24) is 9.29 Å². The summed E-state index contributed by atoms with van der Waals surface area (Å²) >= 11 is 1.63. The third kappa shape index (κ3) is 12.5. The van der Waals surface area contributed by atoms with Crippen molar-refractivity contribution in [1.29, 1.82) is 0 Å². The molecule has 1 amide bonds. The van der Waals surface area contributed by atoms with Crippen LogP contribution in [0.3, 0.4) is 0 Å². The van der Waals surface area contributed by atoms with Crippen LogP contribution in [0.2, 0.25) is 43.8 Å². The SMILES string of the molecule is C/C(=C/C[C@H](OCOCC[Si](C)(C)C)/C(C)=C/c1csc(C)n1)CCC[C@H](C)[C@H](O)[C@@H](C)C(=O)C(C)(C)[C@H](CC(=O)N1[C@@H]2C[C@H]3CC[C@]2(CS1(=O)=O)C3(C)C)O[Si](C)(C)C(C)(C)C. The van der Waals surface area contributed by atoms with Crippen molar-refractivity contribution in [3.63, 3.8) is 0 Å². The number of sulfonamides is 1. The van der Waals surface area contributed by atoms with Gasteiger partial charge in [0, 0.05) is 36.8 Å². The topological polar surface area (TPSA) is 132 Å². The molecule has 1 N–H and O–H groups in total. The van der Waals surface area contributed by atoms with Crippen LogP contribution in [0.5, 0.6) is 0 Å². The molecule has 2 aliphatic carbocycles. The number of amides is 1. The molecule has 4 rings (SSSR count). The smallest absolute Gasteiger partial charge is 0.238 e. The summed E-state index contributed by atoms with van der Waals surface area (Å²) in [5.41, 5.74) is 1.49. The average molecular weight is 952 g/mol. The summed E-state index contributed by atoms with van der Waals surface area (Å²) in [5, 5.41) is 14.6. The number of fused-ring (bicyclic) bond motifs is 1. The molecule has 3 fully saturated rings. The third-order valence-electron chi connectivity index (χ3n) is 16.0. The molecule has 1 spiro atoms. The zero-order valence-electron chi connectivity index (χ0n) is 42.3. The van der Waals surface area contributed by atoms with Crippen molar-refractivity contribution in [2.45, 2.75) is 203 Å². The highest BCUT2D eigenvalue weighted by molar-refractivity contribution is 7.90. The normalized spacial score (nSPS) is 25.2. The highest BCUT2D eigenvalue weighted by Crippen LogP contribution is 2.70. The molecule has 2 heterocycles. The molecule has 0 aromatic carbocycles. The Labute approximate surface area is 389 Å². The van der Waals surface area contributed by atoms with Crippen molar-refractivity contribution in [3.8, 4) is 0 Å². The molecule has 8 atom stereocenters. The monoisotopic (exact) mass is 951 g/mol. The van der Waals surface area contributed by atoms with E-state index in [-0.39, 0.29) is 53.3 Å². The first-order chi connectivity index (χ1) is 28.8. The summed E-state index contributed by atoms with van der Waals surface area (Å²) in [6.07, 6.45) is 7.85. The summed E-state index contributed by atoms with van der Waals surface area (Å²) in [6, 6.07) is 0.736. The maximum atomic E-state index is 14.6. The zero-order valence-corrected chi connectivity index (χ0v) is 45.9. The Bertz CT molecular complexity index is 1930. The molecular weight excluding hydrogens is 865 g/mol. The molecule has 1 aromatic rings. The Morgan fingerprint density at radius 2 is 1.75 bits per heavy atom. The Hall–Kier alpha value is -1.53. The summed E-state index contributed by atoms with van der Waals surface area (Å²) in [6.45, 7) is 36.5. The number of hydrogen-bond acceptors (Lipinski definition) is 10. The lowest BCUT2D eigenvalue weighted by atomic mass is 9.69. The van der Waals surface area contributed by atoms with E-state index in [9.17, 15) is 23.1 Å². The number of thiazole rings is 1. The second kappa shape index (κ2) is 20.4. The first-order valence-electron chi connectivity index (χ1n) is 23.7. The fourth-order valence-electron chi connectivity index (χ4n) is 10.2. The minimum absolute atomic E-state index is 0.000409. The van der Waals surface area contributed by atoms with Gasteiger partial charge >= 0.3 is 0 Å². The number of Topliss-reactive ketones (excluding diaryl/α,β-unsaturated/α-hetero) is 1. The second-order valence-electron chi connectivity index (χ2n) is 23.6. The van der Waals surface area contributed by atoms with E-state index in [0.717, 1.165) is 54.4 Å². The van der Waals surface area contributed by atoms with Crippen LogP contribution in [0.25, 0.3) is 6.08 Å². The lowest BCUT2D eigenvalue weighted by Crippen LogP contribution is -2.54. The van der Waals surface area contributed by atoms with Crippen LogP contribution in [0, 0.1) is 40.9 Å². The quantitative estimate of drug-likeness (QED) is 0.0493. The van der Waals surface area contributed by atoms with Gasteiger partial charge in [0.1, 0.15) is 12.6 Å². The van der Waals surface area contributed by atoms with Crippen molar-refractivity contribution in [2.24, 2.45) is 34.0 Å². The number of aliphatic hydroxyl groups is 1. The molecule has 1 saturated heterocycles. The van der Waals surface area contributed by atoms with Gasteiger partial charge in [-0.15, -0.1) is 11.3 Å². The highest BCUT2D eigenvalue weighted by atomic mass is 32.2. The van der Waals surface area contributed by atoms with Gasteiger partial charge in [0.25, 0.3) is 0 Å². The lowest BCUT2D eigenvalue weighted by molar-refractivity contribution is -0.143. The molecule has 63 heavy (non-hydrogen) atoms. The van der Waals surface area contributed by atoms with Gasteiger partial charge in [0.15, 0.2) is 8.32 Å². The number of hydrogen-bond donors (Lipinski definition) is 1. The van der Waals surface area contributed by atoms with Crippen molar-refractivity contribution in [2.75, 3.05) is 19.2 Å². The third-order valence-corrected chi connectivity index (χ3v) is 24.9. The largest absolute Gasteiger partial charge is 0.412 e. The van der Waals surface area contributed by atoms with Crippen LogP contribution in [0.4, 0.5) is 0 Å². The molecule has 2 bridgehead atoms. The Morgan fingerprint density at radius 3 is 2.32 bits per heavy atom. The van der Waals surface area contributed by atoms with E-state index < -0.39 is 61.3 Å². The number of aryl methyl sites for hydroxylation is 1. The molecule has 3 aliphatic rings. The first-order valence-corrected chi connectivity index (χ1v) is 32.8. The van der Waals surface area contributed by atoms with Gasteiger partial charge in [-0.2, -0.15) is 0 Å². The number of carbonyl (C=O) groups excluding carboxylic acids is 2. The van der Waals surface area contributed by atoms with E-state index in [1.54, 1.807) is 18.3 Å². The van der Waals surface area contributed by atoms with Crippen LogP contribution in [-0.4, -0.2) is 94.4 Å². The minimum Gasteiger partial charge on any atom is -0.412 e. The van der Waals surface area contributed by atoms with E-state index in [2.05, 4.69) is 104 Å². The zero-order chi connectivity index (χ0) is 47.7. The molecule has 1 aliphatic heterocycles. The van der Waals surface area contributed by atoms with Gasteiger partial charge in [-0.05, 0) is 119 Å². The van der Waals surface area contributed by atoms with Crippen molar-refractivity contribution in [3.05, 3.63) is 33.3 Å². The van der Waals surface area contributed by atoms with Crippen LogP contribution in [0.15, 0.2) is 22.6 Å². The van der Waals surface area contributed by atoms with Gasteiger partial charge in [-0.25, -0.2) is 17.7 Å². The van der Waals surface area contributed by atoms with Crippen LogP contribution >= 0.6 is 11.3 Å². The van der Waals surface area contributed by atoms with Gasteiger partial charge in [0.05, 0.1) is 47.2 Å². The van der Waals surface area contributed by atoms with E-state index in [1.165, 1.54) is 9.88 Å². The average Bonchev–Trinajstić information content (AvgIpc) is 3.81. The number of allylic oxidation sites excluding steroid dienone is 1. The fraction of sp³-hybridized carbons (Fsp3) is 0.816. The second-order valence-corrected chi connectivity index (χ2v) is 36.9. The number of rotatable bonds is 23.